The van der Waals surface area contributed by atoms with Crippen LogP contribution in [-0.4, -0.2) is 54.6 Å². The zero-order valence-electron chi connectivity index (χ0n) is 14.1. The average molecular weight is 352 g/mol. The SMILES string of the molecule is C=CCN1C[C@@H]2CN(C(=O)CC(F)(F)F)CC[C@]2(c2ccccc2)C1. The summed E-state index contributed by atoms with van der Waals surface area (Å²) in [5.41, 5.74) is 1.12. The summed E-state index contributed by atoms with van der Waals surface area (Å²) < 4.78 is 37.7. The first-order valence-corrected chi connectivity index (χ1v) is 8.57. The van der Waals surface area contributed by atoms with Crippen molar-refractivity contribution < 1.29 is 18.0 Å². The molecule has 3 nitrogen and oxygen atoms in total. The zero-order valence-corrected chi connectivity index (χ0v) is 14.1. The number of hydrogen-bond acceptors (Lipinski definition) is 2. The second-order valence-electron chi connectivity index (χ2n) is 7.08. The molecule has 2 heterocycles. The molecule has 2 fully saturated rings. The Bertz CT molecular complexity index is 631. The summed E-state index contributed by atoms with van der Waals surface area (Å²) in [5.74, 6) is -0.669. The van der Waals surface area contributed by atoms with Crippen molar-refractivity contribution >= 4 is 5.91 Å². The zero-order chi connectivity index (χ0) is 18.1. The van der Waals surface area contributed by atoms with Crippen LogP contribution in [0.25, 0.3) is 0 Å². The van der Waals surface area contributed by atoms with Crippen molar-refractivity contribution in [3.05, 3.63) is 48.6 Å². The van der Waals surface area contributed by atoms with Gasteiger partial charge in [-0.25, -0.2) is 0 Å². The molecule has 6 heteroatoms. The fraction of sp³-hybridized carbons (Fsp3) is 0.526. The van der Waals surface area contributed by atoms with Gasteiger partial charge in [0.1, 0.15) is 6.42 Å². The Morgan fingerprint density at radius 3 is 2.64 bits per heavy atom. The van der Waals surface area contributed by atoms with Crippen LogP contribution >= 0.6 is 0 Å². The highest BCUT2D eigenvalue weighted by molar-refractivity contribution is 5.77. The molecule has 1 aromatic carbocycles. The van der Waals surface area contributed by atoms with Gasteiger partial charge in [-0.2, -0.15) is 13.2 Å². The van der Waals surface area contributed by atoms with E-state index in [4.69, 9.17) is 0 Å². The highest BCUT2D eigenvalue weighted by Crippen LogP contribution is 2.45. The Labute approximate surface area is 146 Å². The van der Waals surface area contributed by atoms with Crippen molar-refractivity contribution in [1.29, 1.82) is 0 Å². The molecule has 0 N–H and O–H groups in total. The molecule has 136 valence electrons. The molecule has 0 unspecified atom stereocenters. The third-order valence-electron chi connectivity index (χ3n) is 5.47. The lowest BCUT2D eigenvalue weighted by Gasteiger charge is -2.44. The van der Waals surface area contributed by atoms with Crippen molar-refractivity contribution in [1.82, 2.24) is 9.80 Å². The topological polar surface area (TPSA) is 23.6 Å². The van der Waals surface area contributed by atoms with E-state index < -0.39 is 18.5 Å². The van der Waals surface area contributed by atoms with Gasteiger partial charge < -0.3 is 4.90 Å². The van der Waals surface area contributed by atoms with Gasteiger partial charge in [0.15, 0.2) is 0 Å². The Morgan fingerprint density at radius 2 is 2.00 bits per heavy atom. The fourth-order valence-corrected chi connectivity index (χ4v) is 4.36. The summed E-state index contributed by atoms with van der Waals surface area (Å²) in [6.45, 7) is 6.94. The number of alkyl halides is 3. The first kappa shape index (κ1) is 18.0. The number of hydrogen-bond donors (Lipinski definition) is 0. The Morgan fingerprint density at radius 1 is 1.28 bits per heavy atom. The molecule has 2 aliphatic rings. The number of halogens is 3. The number of rotatable bonds is 4. The highest BCUT2D eigenvalue weighted by atomic mass is 19.4. The number of nitrogens with zero attached hydrogens (tertiary/aromatic N) is 2. The molecular weight excluding hydrogens is 329 g/mol. The van der Waals surface area contributed by atoms with Gasteiger partial charge in [0.05, 0.1) is 0 Å². The quantitative estimate of drug-likeness (QED) is 0.777. The van der Waals surface area contributed by atoms with Gasteiger partial charge >= 0.3 is 6.18 Å². The van der Waals surface area contributed by atoms with Crippen LogP contribution in [0.15, 0.2) is 43.0 Å². The third kappa shape index (κ3) is 3.73. The maximum Gasteiger partial charge on any atom is 0.397 e. The van der Waals surface area contributed by atoms with Crippen LogP contribution in [0.5, 0.6) is 0 Å². The van der Waals surface area contributed by atoms with E-state index in [0.29, 0.717) is 19.5 Å². The Kier molecular flexibility index (Phi) is 4.91. The molecule has 0 aliphatic carbocycles. The number of benzene rings is 1. The van der Waals surface area contributed by atoms with Crippen molar-refractivity contribution in [2.45, 2.75) is 24.4 Å². The highest BCUT2D eigenvalue weighted by Gasteiger charge is 2.51. The van der Waals surface area contributed by atoms with Crippen molar-refractivity contribution in [3.63, 3.8) is 0 Å². The molecule has 25 heavy (non-hydrogen) atoms. The van der Waals surface area contributed by atoms with Crippen LogP contribution in [-0.2, 0) is 10.2 Å². The largest absolute Gasteiger partial charge is 0.397 e. The summed E-state index contributed by atoms with van der Waals surface area (Å²) in [6.07, 6.45) is -3.27. The first-order chi connectivity index (χ1) is 11.8. The molecule has 2 aliphatic heterocycles. The van der Waals surface area contributed by atoms with E-state index in [-0.39, 0.29) is 11.3 Å². The number of amides is 1. The van der Waals surface area contributed by atoms with Gasteiger partial charge in [0, 0.05) is 44.1 Å². The van der Waals surface area contributed by atoms with E-state index in [2.05, 4.69) is 23.6 Å². The summed E-state index contributed by atoms with van der Waals surface area (Å²) in [7, 11) is 0. The van der Waals surface area contributed by atoms with Crippen LogP contribution in [0.1, 0.15) is 18.4 Å². The molecule has 1 amide bonds. The number of likely N-dealkylation sites (tertiary alicyclic amines) is 2. The lowest BCUT2D eigenvalue weighted by molar-refractivity contribution is -0.163. The molecule has 0 aromatic heterocycles. The predicted molar refractivity (Wildman–Crippen MR) is 90.1 cm³/mol. The molecule has 0 saturated carbocycles. The van der Waals surface area contributed by atoms with Gasteiger partial charge in [-0.3, -0.25) is 9.69 Å². The van der Waals surface area contributed by atoms with Gasteiger partial charge in [-0.15, -0.1) is 6.58 Å². The van der Waals surface area contributed by atoms with Gasteiger partial charge in [-0.05, 0) is 12.0 Å². The number of piperidine rings is 1. The lowest BCUT2D eigenvalue weighted by atomic mass is 9.68. The second-order valence-corrected chi connectivity index (χ2v) is 7.08. The van der Waals surface area contributed by atoms with Crippen LogP contribution in [0.4, 0.5) is 13.2 Å². The monoisotopic (exact) mass is 352 g/mol. The Balaban J connectivity index is 1.81. The van der Waals surface area contributed by atoms with Crippen LogP contribution in [0.2, 0.25) is 0 Å². The fourth-order valence-electron chi connectivity index (χ4n) is 4.36. The molecule has 2 saturated heterocycles. The van der Waals surface area contributed by atoms with E-state index in [1.165, 1.54) is 10.5 Å². The van der Waals surface area contributed by atoms with Gasteiger partial charge in [-0.1, -0.05) is 36.4 Å². The summed E-state index contributed by atoms with van der Waals surface area (Å²) in [4.78, 5) is 15.7. The van der Waals surface area contributed by atoms with Crippen LogP contribution in [0.3, 0.4) is 0 Å². The van der Waals surface area contributed by atoms with Crippen molar-refractivity contribution in [3.8, 4) is 0 Å². The van der Waals surface area contributed by atoms with Gasteiger partial charge in [0.2, 0.25) is 5.91 Å². The minimum atomic E-state index is -4.45. The maximum absolute atomic E-state index is 12.6. The minimum Gasteiger partial charge on any atom is -0.342 e. The van der Waals surface area contributed by atoms with Crippen molar-refractivity contribution in [2.24, 2.45) is 5.92 Å². The maximum atomic E-state index is 12.6. The Hall–Kier alpha value is -1.82. The number of fused-ring (bicyclic) bond motifs is 1. The summed E-state index contributed by atoms with van der Waals surface area (Å²) >= 11 is 0. The van der Waals surface area contributed by atoms with Crippen molar-refractivity contribution in [2.75, 3.05) is 32.7 Å². The van der Waals surface area contributed by atoms with E-state index in [9.17, 15) is 18.0 Å². The molecule has 0 radical (unpaired) electrons. The molecule has 0 bridgehead atoms. The molecule has 1 aromatic rings. The summed E-state index contributed by atoms with van der Waals surface area (Å²) in [5, 5.41) is 0. The van der Waals surface area contributed by atoms with Gasteiger partial charge in [0.25, 0.3) is 0 Å². The van der Waals surface area contributed by atoms with E-state index in [0.717, 1.165) is 19.6 Å². The van der Waals surface area contributed by atoms with Crippen LogP contribution < -0.4 is 0 Å². The predicted octanol–water partition coefficient (Wildman–Crippen LogP) is 3.23. The third-order valence-corrected chi connectivity index (χ3v) is 5.47. The number of carbonyl (C=O) groups is 1. The molecule has 3 rings (SSSR count). The second kappa shape index (κ2) is 6.83. The standard InChI is InChI=1S/C19H23F3N2O/c1-2-9-23-12-16-13-24(17(25)11-19(20,21)22)10-8-18(16,14-23)15-6-4-3-5-7-15/h2-7,16H,1,8-14H2/t16-,18-/m1/s1. The summed E-state index contributed by atoms with van der Waals surface area (Å²) in [6, 6.07) is 10.2. The lowest BCUT2D eigenvalue weighted by Crippen LogP contribution is -2.51. The molecule has 2 atom stereocenters. The normalized spacial score (nSPS) is 27.2. The van der Waals surface area contributed by atoms with E-state index >= 15 is 0 Å². The van der Waals surface area contributed by atoms with E-state index in [1.807, 2.05) is 24.3 Å². The average Bonchev–Trinajstić information content (AvgIpc) is 2.92. The van der Waals surface area contributed by atoms with Crippen LogP contribution in [0, 0.1) is 5.92 Å². The smallest absolute Gasteiger partial charge is 0.342 e. The molecule has 0 spiro atoms. The minimum absolute atomic E-state index is 0.0979. The number of carbonyl (C=O) groups excluding carboxylic acids is 1. The van der Waals surface area contributed by atoms with E-state index in [1.54, 1.807) is 0 Å². The first-order valence-electron chi connectivity index (χ1n) is 8.57. The molecular formula is C19H23F3N2O.